The number of aromatic amines is 1. The van der Waals surface area contributed by atoms with Crippen LogP contribution in [0.25, 0.3) is 22.5 Å². The van der Waals surface area contributed by atoms with Crippen LogP contribution in [-0.2, 0) is 16.1 Å². The van der Waals surface area contributed by atoms with Gasteiger partial charge < -0.3 is 10.0 Å². The van der Waals surface area contributed by atoms with Crippen molar-refractivity contribution in [3.8, 4) is 22.5 Å². The van der Waals surface area contributed by atoms with E-state index in [0.717, 1.165) is 28.7 Å². The molecule has 1 unspecified atom stereocenters. The van der Waals surface area contributed by atoms with Crippen molar-refractivity contribution < 1.29 is 14.7 Å². The minimum Gasteiger partial charge on any atom is -0.481 e. The molecule has 156 valence electrons. The van der Waals surface area contributed by atoms with Crippen molar-refractivity contribution in [2.24, 2.45) is 5.92 Å². The van der Waals surface area contributed by atoms with Crippen LogP contribution in [0.3, 0.4) is 0 Å². The maximum Gasteiger partial charge on any atom is 0.316 e. The van der Waals surface area contributed by atoms with Crippen molar-refractivity contribution in [1.82, 2.24) is 25.5 Å². The number of benzene rings is 2. The van der Waals surface area contributed by atoms with Crippen molar-refractivity contribution >= 4 is 11.9 Å². The second-order valence-corrected chi connectivity index (χ2v) is 7.05. The molecule has 0 saturated carbocycles. The molecule has 1 amide bonds. The molecule has 3 rings (SSSR count). The topological polar surface area (TPSA) is 112 Å². The Morgan fingerprint density at radius 1 is 1.07 bits per heavy atom. The van der Waals surface area contributed by atoms with Gasteiger partial charge in [-0.2, -0.15) is 0 Å². The average molecular weight is 407 g/mol. The lowest BCUT2D eigenvalue weighted by Crippen LogP contribution is -2.39. The summed E-state index contributed by atoms with van der Waals surface area (Å²) in [5.74, 6) is -1.82. The molecule has 8 heteroatoms. The van der Waals surface area contributed by atoms with Gasteiger partial charge in [-0.3, -0.25) is 9.59 Å². The summed E-state index contributed by atoms with van der Waals surface area (Å²) >= 11 is 0. The summed E-state index contributed by atoms with van der Waals surface area (Å²) < 4.78 is 0. The number of carboxylic acid groups (broad SMARTS) is 1. The molecule has 0 spiro atoms. The lowest BCUT2D eigenvalue weighted by Gasteiger charge is -2.25. The fraction of sp³-hybridized carbons (Fsp3) is 0.318. The highest BCUT2D eigenvalue weighted by atomic mass is 16.4. The van der Waals surface area contributed by atoms with Crippen molar-refractivity contribution in [3.63, 3.8) is 0 Å². The molecule has 0 fully saturated rings. The molecule has 1 aromatic heterocycles. The van der Waals surface area contributed by atoms with Gasteiger partial charge >= 0.3 is 5.97 Å². The van der Waals surface area contributed by atoms with Gasteiger partial charge in [0.1, 0.15) is 5.92 Å². The summed E-state index contributed by atoms with van der Waals surface area (Å²) in [6.45, 7) is 4.59. The molecule has 0 bridgehead atoms. The highest BCUT2D eigenvalue weighted by Gasteiger charge is 2.28. The summed E-state index contributed by atoms with van der Waals surface area (Å²) in [6.07, 6.45) is 1.04. The first-order valence-electron chi connectivity index (χ1n) is 9.99. The Hall–Kier alpha value is -3.55. The molecule has 0 aliphatic carbocycles. The fourth-order valence-electron chi connectivity index (χ4n) is 3.44. The number of carbonyl (C=O) groups excluding carboxylic acids is 1. The van der Waals surface area contributed by atoms with Crippen LogP contribution in [0.4, 0.5) is 0 Å². The number of rotatable bonds is 9. The molecule has 0 aliphatic heterocycles. The molecule has 8 nitrogen and oxygen atoms in total. The summed E-state index contributed by atoms with van der Waals surface area (Å²) in [6, 6.07) is 15.7. The van der Waals surface area contributed by atoms with Gasteiger partial charge in [-0.25, -0.2) is 5.10 Å². The van der Waals surface area contributed by atoms with Crippen LogP contribution in [0.15, 0.2) is 48.5 Å². The highest BCUT2D eigenvalue weighted by molar-refractivity contribution is 5.96. The van der Waals surface area contributed by atoms with Crippen molar-refractivity contribution in [1.29, 1.82) is 0 Å². The summed E-state index contributed by atoms with van der Waals surface area (Å²) in [5.41, 5.74) is 3.82. The van der Waals surface area contributed by atoms with Gasteiger partial charge in [0.25, 0.3) is 0 Å². The lowest BCUT2D eigenvalue weighted by molar-refractivity contribution is -0.151. The Kier molecular flexibility index (Phi) is 6.90. The van der Waals surface area contributed by atoms with Gasteiger partial charge in [-0.05, 0) is 40.0 Å². The van der Waals surface area contributed by atoms with Gasteiger partial charge in [0.05, 0.1) is 0 Å². The quantitative estimate of drug-likeness (QED) is 0.526. The zero-order chi connectivity index (χ0) is 21.5. The lowest BCUT2D eigenvalue weighted by atomic mass is 9.98. The third-order valence-electron chi connectivity index (χ3n) is 4.98. The van der Waals surface area contributed by atoms with E-state index in [1.807, 2.05) is 55.5 Å². The van der Waals surface area contributed by atoms with E-state index in [1.54, 1.807) is 11.8 Å². The molecule has 3 aromatic rings. The van der Waals surface area contributed by atoms with E-state index >= 15 is 0 Å². The summed E-state index contributed by atoms with van der Waals surface area (Å²) in [7, 11) is 0. The van der Waals surface area contributed by atoms with Gasteiger partial charge in [0, 0.05) is 18.7 Å². The first-order valence-corrected chi connectivity index (χ1v) is 9.99. The highest BCUT2D eigenvalue weighted by Crippen LogP contribution is 2.30. The minimum atomic E-state index is -1.07. The molecule has 1 atom stereocenters. The van der Waals surface area contributed by atoms with Crippen LogP contribution in [0.2, 0.25) is 0 Å². The van der Waals surface area contributed by atoms with Gasteiger partial charge in [0.2, 0.25) is 5.91 Å². The minimum absolute atomic E-state index is 0.278. The Morgan fingerprint density at radius 3 is 2.33 bits per heavy atom. The third-order valence-corrected chi connectivity index (χ3v) is 4.98. The standard InChI is InChI=1S/C22H25N5O3/c1-3-13-27(21(28)17(4-2)22(29)30)14-15-9-11-16(12-10-15)18-7-5-6-8-19(18)20-23-25-26-24-20/h5-12,17H,3-4,13-14H2,1-2H3,(H,29,30)(H,23,24,25,26). The number of hydrogen-bond acceptors (Lipinski definition) is 5. The first kappa shape index (κ1) is 21.2. The van der Waals surface area contributed by atoms with Crippen LogP contribution >= 0.6 is 0 Å². The first-order chi connectivity index (χ1) is 14.5. The molecule has 2 aromatic carbocycles. The second-order valence-electron chi connectivity index (χ2n) is 7.05. The Labute approximate surface area is 174 Å². The number of carboxylic acids is 1. The monoisotopic (exact) mass is 407 g/mol. The molecular weight excluding hydrogens is 382 g/mol. The zero-order valence-corrected chi connectivity index (χ0v) is 17.1. The van der Waals surface area contributed by atoms with E-state index in [2.05, 4.69) is 20.6 Å². The van der Waals surface area contributed by atoms with Gasteiger partial charge in [0.15, 0.2) is 5.82 Å². The normalized spacial score (nSPS) is 11.8. The fourth-order valence-corrected chi connectivity index (χ4v) is 3.44. The maximum absolute atomic E-state index is 12.7. The number of aliphatic carboxylic acids is 1. The molecule has 0 saturated heterocycles. The third kappa shape index (κ3) is 4.71. The summed E-state index contributed by atoms with van der Waals surface area (Å²) in [5, 5.41) is 23.4. The predicted octanol–water partition coefficient (Wildman–Crippen LogP) is 3.38. The smallest absolute Gasteiger partial charge is 0.316 e. The number of amides is 1. The van der Waals surface area contributed by atoms with Crippen LogP contribution < -0.4 is 0 Å². The van der Waals surface area contributed by atoms with Crippen LogP contribution in [0.1, 0.15) is 32.3 Å². The van der Waals surface area contributed by atoms with Crippen LogP contribution in [-0.4, -0.2) is 49.1 Å². The number of H-pyrrole nitrogens is 1. The molecule has 30 heavy (non-hydrogen) atoms. The molecule has 1 heterocycles. The second kappa shape index (κ2) is 9.78. The van der Waals surface area contributed by atoms with E-state index < -0.39 is 11.9 Å². The van der Waals surface area contributed by atoms with Crippen molar-refractivity contribution in [2.75, 3.05) is 6.54 Å². The SMILES string of the molecule is CCCN(Cc1ccc(-c2ccccc2-c2nnn[nH]2)cc1)C(=O)C(CC)C(=O)O. The van der Waals surface area contributed by atoms with E-state index in [4.69, 9.17) is 0 Å². The van der Waals surface area contributed by atoms with Crippen LogP contribution in [0.5, 0.6) is 0 Å². The zero-order valence-electron chi connectivity index (χ0n) is 17.1. The molecule has 2 N–H and O–H groups in total. The number of tetrazole rings is 1. The molecule has 0 radical (unpaired) electrons. The van der Waals surface area contributed by atoms with Gasteiger partial charge in [-0.1, -0.05) is 62.4 Å². The Morgan fingerprint density at radius 2 is 1.77 bits per heavy atom. The average Bonchev–Trinajstić information content (AvgIpc) is 3.29. The predicted molar refractivity (Wildman–Crippen MR) is 112 cm³/mol. The Bertz CT molecular complexity index is 986. The number of aromatic nitrogens is 4. The number of nitrogens with zero attached hydrogens (tertiary/aromatic N) is 4. The van der Waals surface area contributed by atoms with Crippen LogP contribution in [0, 0.1) is 5.92 Å². The van der Waals surface area contributed by atoms with E-state index in [9.17, 15) is 14.7 Å². The maximum atomic E-state index is 12.7. The summed E-state index contributed by atoms with van der Waals surface area (Å²) in [4.78, 5) is 25.7. The largest absolute Gasteiger partial charge is 0.481 e. The van der Waals surface area contributed by atoms with E-state index in [0.29, 0.717) is 18.9 Å². The number of carbonyl (C=O) groups is 2. The van der Waals surface area contributed by atoms with E-state index in [1.165, 1.54) is 0 Å². The van der Waals surface area contributed by atoms with Crippen molar-refractivity contribution in [2.45, 2.75) is 33.2 Å². The molecular formula is C22H25N5O3. The molecule has 0 aliphatic rings. The van der Waals surface area contributed by atoms with E-state index in [-0.39, 0.29) is 12.3 Å². The number of hydrogen-bond donors (Lipinski definition) is 2. The number of nitrogens with one attached hydrogen (secondary N) is 1. The van der Waals surface area contributed by atoms with Crippen molar-refractivity contribution in [3.05, 3.63) is 54.1 Å². The Balaban J connectivity index is 1.82. The van der Waals surface area contributed by atoms with Gasteiger partial charge in [-0.15, -0.1) is 5.10 Å².